The number of benzene rings is 1. The highest BCUT2D eigenvalue weighted by atomic mass is 79.9. The first-order valence-electron chi connectivity index (χ1n) is 5.42. The summed E-state index contributed by atoms with van der Waals surface area (Å²) < 4.78 is 26.9. The van der Waals surface area contributed by atoms with Crippen LogP contribution in [0.2, 0.25) is 0 Å². The average molecular weight is 333 g/mol. The Morgan fingerprint density at radius 3 is 2.78 bits per heavy atom. The summed E-state index contributed by atoms with van der Waals surface area (Å²) in [5, 5.41) is 5.80. The van der Waals surface area contributed by atoms with Crippen LogP contribution < -0.4 is 5.32 Å². The summed E-state index contributed by atoms with van der Waals surface area (Å²) in [5.74, 6) is -0.986. The highest BCUT2D eigenvalue weighted by Gasteiger charge is 2.08. The van der Waals surface area contributed by atoms with E-state index in [9.17, 15) is 8.78 Å². The van der Waals surface area contributed by atoms with Gasteiger partial charge >= 0.3 is 0 Å². The Labute approximate surface area is 116 Å². The molecule has 1 heterocycles. The van der Waals surface area contributed by atoms with E-state index < -0.39 is 11.6 Å². The molecule has 1 aromatic carbocycles. The minimum atomic E-state index is -0.494. The molecule has 0 fully saturated rings. The minimum Gasteiger partial charge on any atom is -0.377 e. The van der Waals surface area contributed by atoms with Gasteiger partial charge in [-0.25, -0.2) is 13.8 Å². The second-order valence-corrected chi connectivity index (χ2v) is 5.48. The molecular formula is C12H11BrF2N2S. The Morgan fingerprint density at radius 1 is 1.33 bits per heavy atom. The molecule has 0 amide bonds. The maximum absolute atomic E-state index is 13.5. The van der Waals surface area contributed by atoms with Crippen LogP contribution >= 0.6 is 27.3 Å². The highest BCUT2D eigenvalue weighted by Crippen LogP contribution is 2.23. The zero-order chi connectivity index (χ0) is 13.1. The van der Waals surface area contributed by atoms with Gasteiger partial charge in [-0.05, 0) is 28.4 Å². The summed E-state index contributed by atoms with van der Waals surface area (Å²) in [6.45, 7) is 2.41. The summed E-state index contributed by atoms with van der Waals surface area (Å²) in [5.41, 5.74) is 0.973. The molecule has 0 unspecified atom stereocenters. The lowest BCUT2D eigenvalue weighted by molar-refractivity contribution is 0.596. The average Bonchev–Trinajstić information content (AvgIpc) is 2.80. The predicted octanol–water partition coefficient (Wildman–Crippen LogP) is 4.36. The van der Waals surface area contributed by atoms with Crippen molar-refractivity contribution in [1.29, 1.82) is 0 Å². The summed E-state index contributed by atoms with van der Waals surface area (Å²) in [4.78, 5) is 4.34. The summed E-state index contributed by atoms with van der Waals surface area (Å²) in [7, 11) is 0. The van der Waals surface area contributed by atoms with E-state index in [-0.39, 0.29) is 10.2 Å². The molecule has 1 aromatic heterocycles. The van der Waals surface area contributed by atoms with Crippen LogP contribution in [0.4, 0.5) is 14.5 Å². The van der Waals surface area contributed by atoms with Gasteiger partial charge in [0.05, 0.1) is 27.4 Å². The summed E-state index contributed by atoms with van der Waals surface area (Å²) >= 11 is 4.50. The predicted molar refractivity (Wildman–Crippen MR) is 72.9 cm³/mol. The third-order valence-electron chi connectivity index (χ3n) is 2.37. The highest BCUT2D eigenvalue weighted by molar-refractivity contribution is 9.10. The zero-order valence-corrected chi connectivity index (χ0v) is 12.0. The fourth-order valence-electron chi connectivity index (χ4n) is 1.44. The summed E-state index contributed by atoms with van der Waals surface area (Å²) in [6.07, 6.45) is 0.881. The number of rotatable bonds is 4. The number of hydrogen-bond acceptors (Lipinski definition) is 3. The first-order valence-corrected chi connectivity index (χ1v) is 7.09. The van der Waals surface area contributed by atoms with Crippen LogP contribution in [0.3, 0.4) is 0 Å². The van der Waals surface area contributed by atoms with Crippen LogP contribution in [0, 0.1) is 11.6 Å². The molecule has 2 rings (SSSR count). The third-order valence-corrected chi connectivity index (χ3v) is 4.02. The zero-order valence-electron chi connectivity index (χ0n) is 9.64. The van der Waals surface area contributed by atoms with E-state index in [4.69, 9.17) is 0 Å². The second-order valence-electron chi connectivity index (χ2n) is 3.69. The summed E-state index contributed by atoms with van der Waals surface area (Å²) in [6, 6.07) is 2.24. The van der Waals surface area contributed by atoms with Crippen molar-refractivity contribution < 1.29 is 8.78 Å². The van der Waals surface area contributed by atoms with Gasteiger partial charge in [-0.2, -0.15) is 0 Å². The minimum absolute atomic E-state index is 0.118. The van der Waals surface area contributed by atoms with Gasteiger partial charge in [0.2, 0.25) is 0 Å². The molecule has 2 nitrogen and oxygen atoms in total. The number of hydrogen-bond donors (Lipinski definition) is 1. The quantitative estimate of drug-likeness (QED) is 0.841. The lowest BCUT2D eigenvalue weighted by atomic mass is 10.3. The van der Waals surface area contributed by atoms with Gasteiger partial charge in [0.15, 0.2) is 0 Å². The first-order chi connectivity index (χ1) is 8.60. The number of nitrogens with one attached hydrogen (secondary N) is 1. The molecule has 0 aliphatic rings. The number of aromatic nitrogens is 1. The van der Waals surface area contributed by atoms with Gasteiger partial charge < -0.3 is 5.32 Å². The molecule has 0 saturated heterocycles. The van der Waals surface area contributed by atoms with Gasteiger partial charge in [-0.15, -0.1) is 11.3 Å². The molecule has 0 saturated carbocycles. The topological polar surface area (TPSA) is 24.9 Å². The molecule has 6 heteroatoms. The van der Waals surface area contributed by atoms with Crippen molar-refractivity contribution in [3.63, 3.8) is 0 Å². The Hall–Kier alpha value is -1.01. The number of anilines is 1. The largest absolute Gasteiger partial charge is 0.377 e. The second kappa shape index (κ2) is 5.75. The van der Waals surface area contributed by atoms with E-state index in [0.29, 0.717) is 6.54 Å². The molecule has 0 bridgehead atoms. The van der Waals surface area contributed by atoms with Crippen LogP contribution in [-0.2, 0) is 13.0 Å². The van der Waals surface area contributed by atoms with Crippen molar-refractivity contribution in [3.05, 3.63) is 44.3 Å². The maximum atomic E-state index is 13.5. The third kappa shape index (κ3) is 3.05. The van der Waals surface area contributed by atoms with Crippen molar-refractivity contribution in [2.75, 3.05) is 5.32 Å². The van der Waals surface area contributed by atoms with Crippen molar-refractivity contribution in [1.82, 2.24) is 4.98 Å². The van der Waals surface area contributed by atoms with Crippen molar-refractivity contribution in [2.45, 2.75) is 19.9 Å². The lowest BCUT2D eigenvalue weighted by Crippen LogP contribution is -2.02. The molecular weight excluding hydrogens is 322 g/mol. The lowest BCUT2D eigenvalue weighted by Gasteiger charge is -2.07. The van der Waals surface area contributed by atoms with E-state index in [2.05, 4.69) is 26.2 Å². The van der Waals surface area contributed by atoms with E-state index in [1.54, 1.807) is 11.3 Å². The molecule has 0 radical (unpaired) electrons. The van der Waals surface area contributed by atoms with Gasteiger partial charge in [0.25, 0.3) is 0 Å². The standard InChI is InChI=1S/C12H11BrF2N2S/c1-2-12-17-7(6-18-12)5-16-11-4-9(14)8(13)3-10(11)15/h3-4,6,16H,2,5H2,1H3. The fourth-order valence-corrected chi connectivity index (χ4v) is 2.50. The van der Waals surface area contributed by atoms with Crippen LogP contribution in [0.5, 0.6) is 0 Å². The van der Waals surface area contributed by atoms with Crippen LogP contribution in [0.1, 0.15) is 17.6 Å². The maximum Gasteiger partial charge on any atom is 0.147 e. The molecule has 0 aliphatic heterocycles. The Balaban J connectivity index is 2.08. The Kier molecular flexibility index (Phi) is 4.29. The number of halogens is 3. The van der Waals surface area contributed by atoms with Gasteiger partial charge in [-0.3, -0.25) is 0 Å². The van der Waals surface area contributed by atoms with Crippen LogP contribution in [0.25, 0.3) is 0 Å². The van der Waals surface area contributed by atoms with Crippen molar-refractivity contribution in [2.24, 2.45) is 0 Å². The smallest absolute Gasteiger partial charge is 0.147 e. The van der Waals surface area contributed by atoms with Gasteiger partial charge in [-0.1, -0.05) is 6.92 Å². The number of thiazole rings is 1. The van der Waals surface area contributed by atoms with Crippen molar-refractivity contribution in [3.8, 4) is 0 Å². The fraction of sp³-hybridized carbons (Fsp3) is 0.250. The molecule has 0 atom stereocenters. The molecule has 18 heavy (non-hydrogen) atoms. The van der Waals surface area contributed by atoms with Crippen molar-refractivity contribution >= 4 is 33.0 Å². The molecule has 96 valence electrons. The van der Waals surface area contributed by atoms with E-state index in [1.807, 2.05) is 12.3 Å². The molecule has 0 aliphatic carbocycles. The Morgan fingerprint density at radius 2 is 2.11 bits per heavy atom. The van der Waals surface area contributed by atoms with E-state index in [1.165, 1.54) is 0 Å². The first kappa shape index (κ1) is 13.4. The SMILES string of the molecule is CCc1nc(CNc2cc(F)c(Br)cc2F)cs1. The van der Waals surface area contributed by atoms with Gasteiger partial charge in [0, 0.05) is 11.4 Å². The number of nitrogens with zero attached hydrogens (tertiary/aromatic N) is 1. The molecule has 2 aromatic rings. The van der Waals surface area contributed by atoms with E-state index >= 15 is 0 Å². The number of aryl methyl sites for hydroxylation is 1. The van der Waals surface area contributed by atoms with E-state index in [0.717, 1.165) is 29.3 Å². The van der Waals surface area contributed by atoms with Crippen LogP contribution in [0.15, 0.2) is 22.0 Å². The molecule has 1 N–H and O–H groups in total. The Bertz CT molecular complexity index is 557. The normalized spacial score (nSPS) is 10.7. The van der Waals surface area contributed by atoms with Crippen LogP contribution in [-0.4, -0.2) is 4.98 Å². The molecule has 0 spiro atoms. The van der Waals surface area contributed by atoms with Gasteiger partial charge in [0.1, 0.15) is 11.6 Å². The monoisotopic (exact) mass is 332 g/mol.